The van der Waals surface area contributed by atoms with E-state index in [1.807, 2.05) is 12.1 Å². The number of nitrogens with zero attached hydrogens (tertiary/aromatic N) is 1. The molecule has 3 atom stereocenters. The standard InChI is InChI=1S/C18H16N2O3/c21-13-7-8-17-16(10-13)14-5-2-6-15(14)18(19-17)11-3-1-4-12(9-11)20(22)23/h1-5,7-10,14-15,18-19,21H,6H2. The highest BCUT2D eigenvalue weighted by Gasteiger charge is 2.38. The molecular weight excluding hydrogens is 292 g/mol. The minimum absolute atomic E-state index is 0.0203. The van der Waals surface area contributed by atoms with Gasteiger partial charge in [0, 0.05) is 23.7 Å². The van der Waals surface area contributed by atoms with Crippen molar-refractivity contribution in [3.05, 3.63) is 75.9 Å². The quantitative estimate of drug-likeness (QED) is 0.378. The number of fused-ring (bicyclic) bond motifs is 3. The van der Waals surface area contributed by atoms with Crippen LogP contribution in [0.5, 0.6) is 5.75 Å². The van der Waals surface area contributed by atoms with Crippen LogP contribution in [0.4, 0.5) is 11.4 Å². The third-order valence-electron chi connectivity index (χ3n) is 4.79. The van der Waals surface area contributed by atoms with Gasteiger partial charge in [0.15, 0.2) is 0 Å². The first-order valence-electron chi connectivity index (χ1n) is 7.64. The van der Waals surface area contributed by atoms with Gasteiger partial charge in [-0.3, -0.25) is 10.1 Å². The largest absolute Gasteiger partial charge is 0.508 e. The lowest BCUT2D eigenvalue weighted by Crippen LogP contribution is -2.29. The van der Waals surface area contributed by atoms with E-state index < -0.39 is 0 Å². The first-order chi connectivity index (χ1) is 11.1. The molecule has 23 heavy (non-hydrogen) atoms. The molecule has 2 aliphatic rings. The molecule has 2 aromatic rings. The molecule has 0 amide bonds. The summed E-state index contributed by atoms with van der Waals surface area (Å²) < 4.78 is 0. The molecule has 1 aliphatic carbocycles. The van der Waals surface area contributed by atoms with Gasteiger partial charge in [-0.15, -0.1) is 0 Å². The SMILES string of the molecule is O=[N+]([O-])c1cccc(C2Nc3ccc(O)cc3C3C=CCC32)c1. The number of hydrogen-bond donors (Lipinski definition) is 2. The average molecular weight is 308 g/mol. The second kappa shape index (κ2) is 5.12. The van der Waals surface area contributed by atoms with Crippen LogP contribution in [-0.2, 0) is 0 Å². The number of nitrogens with one attached hydrogen (secondary N) is 1. The zero-order valence-electron chi connectivity index (χ0n) is 12.3. The van der Waals surface area contributed by atoms with Gasteiger partial charge >= 0.3 is 0 Å². The van der Waals surface area contributed by atoms with Crippen LogP contribution in [-0.4, -0.2) is 10.0 Å². The van der Waals surface area contributed by atoms with Crippen LogP contribution < -0.4 is 5.32 Å². The van der Waals surface area contributed by atoms with Crippen molar-refractivity contribution in [3.8, 4) is 5.75 Å². The molecule has 0 radical (unpaired) electrons. The summed E-state index contributed by atoms with van der Waals surface area (Å²) in [7, 11) is 0. The van der Waals surface area contributed by atoms with Crippen molar-refractivity contribution in [2.45, 2.75) is 18.4 Å². The predicted octanol–water partition coefficient (Wildman–Crippen LogP) is 4.13. The number of nitro groups is 1. The van der Waals surface area contributed by atoms with Crippen molar-refractivity contribution in [2.24, 2.45) is 5.92 Å². The molecule has 0 saturated heterocycles. The summed E-state index contributed by atoms with van der Waals surface area (Å²) in [6.07, 6.45) is 5.24. The first kappa shape index (κ1) is 13.8. The minimum atomic E-state index is -0.358. The summed E-state index contributed by atoms with van der Waals surface area (Å²) in [5, 5.41) is 24.3. The van der Waals surface area contributed by atoms with E-state index in [1.54, 1.807) is 24.3 Å². The van der Waals surface area contributed by atoms with E-state index in [2.05, 4.69) is 17.5 Å². The average Bonchev–Trinajstić information content (AvgIpc) is 3.04. The normalized spacial score (nSPS) is 24.6. The second-order valence-corrected chi connectivity index (χ2v) is 6.10. The molecular formula is C18H16N2O3. The van der Waals surface area contributed by atoms with E-state index in [-0.39, 0.29) is 28.3 Å². The van der Waals surface area contributed by atoms with Crippen LogP contribution in [0, 0.1) is 16.0 Å². The molecule has 5 heteroatoms. The summed E-state index contributed by atoms with van der Waals surface area (Å²) >= 11 is 0. The zero-order valence-corrected chi connectivity index (χ0v) is 12.3. The summed E-state index contributed by atoms with van der Waals surface area (Å²) in [6.45, 7) is 0. The van der Waals surface area contributed by atoms with Crippen molar-refractivity contribution >= 4 is 11.4 Å². The summed E-state index contributed by atoms with van der Waals surface area (Å²) in [6, 6.07) is 12.2. The fourth-order valence-corrected chi connectivity index (χ4v) is 3.74. The predicted molar refractivity (Wildman–Crippen MR) is 87.6 cm³/mol. The lowest BCUT2D eigenvalue weighted by atomic mass is 9.77. The van der Waals surface area contributed by atoms with Gasteiger partial charge in [-0.1, -0.05) is 24.3 Å². The minimum Gasteiger partial charge on any atom is -0.508 e. The third-order valence-corrected chi connectivity index (χ3v) is 4.79. The number of phenolic OH excluding ortho intramolecular Hbond substituents is 1. The van der Waals surface area contributed by atoms with Crippen LogP contribution in [0.2, 0.25) is 0 Å². The summed E-state index contributed by atoms with van der Waals surface area (Å²) in [5.74, 6) is 0.785. The maximum atomic E-state index is 11.0. The fraction of sp³-hybridized carbons (Fsp3) is 0.222. The first-order valence-corrected chi connectivity index (χ1v) is 7.64. The Bertz CT molecular complexity index is 816. The Morgan fingerprint density at radius 3 is 2.91 bits per heavy atom. The highest BCUT2D eigenvalue weighted by atomic mass is 16.6. The Kier molecular flexibility index (Phi) is 3.08. The van der Waals surface area contributed by atoms with E-state index in [0.717, 1.165) is 23.2 Å². The molecule has 0 fully saturated rings. The number of rotatable bonds is 2. The van der Waals surface area contributed by atoms with Crippen LogP contribution in [0.1, 0.15) is 29.5 Å². The summed E-state index contributed by atoms with van der Waals surface area (Å²) in [5.41, 5.74) is 3.11. The van der Waals surface area contributed by atoms with Crippen LogP contribution in [0.15, 0.2) is 54.6 Å². The number of benzene rings is 2. The number of non-ortho nitro benzene ring substituents is 1. The van der Waals surface area contributed by atoms with Gasteiger partial charge in [-0.05, 0) is 41.7 Å². The Labute approximate surface area is 133 Å². The van der Waals surface area contributed by atoms with E-state index in [0.29, 0.717) is 5.92 Å². The Morgan fingerprint density at radius 2 is 2.09 bits per heavy atom. The number of anilines is 1. The molecule has 4 rings (SSSR count). The molecule has 0 bridgehead atoms. The molecule has 1 aliphatic heterocycles. The van der Waals surface area contributed by atoms with Crippen LogP contribution in [0.3, 0.4) is 0 Å². The number of phenols is 1. The van der Waals surface area contributed by atoms with Gasteiger partial charge in [-0.25, -0.2) is 0 Å². The Hall–Kier alpha value is -2.82. The maximum Gasteiger partial charge on any atom is 0.269 e. The lowest BCUT2D eigenvalue weighted by Gasteiger charge is -2.37. The van der Waals surface area contributed by atoms with Gasteiger partial charge < -0.3 is 10.4 Å². The van der Waals surface area contributed by atoms with Crippen molar-refractivity contribution in [3.63, 3.8) is 0 Å². The molecule has 1 heterocycles. The monoisotopic (exact) mass is 308 g/mol. The number of hydrogen-bond acceptors (Lipinski definition) is 4. The van der Waals surface area contributed by atoms with Crippen molar-refractivity contribution in [2.75, 3.05) is 5.32 Å². The highest BCUT2D eigenvalue weighted by Crippen LogP contribution is 2.50. The highest BCUT2D eigenvalue weighted by molar-refractivity contribution is 5.61. The molecule has 2 aromatic carbocycles. The van der Waals surface area contributed by atoms with Crippen LogP contribution in [0.25, 0.3) is 0 Å². The van der Waals surface area contributed by atoms with E-state index in [9.17, 15) is 15.2 Å². The Balaban J connectivity index is 1.78. The molecule has 0 spiro atoms. The van der Waals surface area contributed by atoms with Gasteiger partial charge in [-0.2, -0.15) is 0 Å². The molecule has 0 saturated carbocycles. The molecule has 5 nitrogen and oxygen atoms in total. The van der Waals surface area contributed by atoms with Crippen molar-refractivity contribution < 1.29 is 10.0 Å². The smallest absolute Gasteiger partial charge is 0.269 e. The van der Waals surface area contributed by atoms with Gasteiger partial charge in [0.1, 0.15) is 5.75 Å². The van der Waals surface area contributed by atoms with E-state index >= 15 is 0 Å². The third kappa shape index (κ3) is 2.25. The van der Waals surface area contributed by atoms with E-state index in [4.69, 9.17) is 0 Å². The topological polar surface area (TPSA) is 75.4 Å². The lowest BCUT2D eigenvalue weighted by molar-refractivity contribution is -0.384. The Morgan fingerprint density at radius 1 is 1.22 bits per heavy atom. The fourth-order valence-electron chi connectivity index (χ4n) is 3.74. The molecule has 116 valence electrons. The van der Waals surface area contributed by atoms with E-state index in [1.165, 1.54) is 6.07 Å². The number of nitro benzene ring substituents is 1. The van der Waals surface area contributed by atoms with Gasteiger partial charge in [0.2, 0.25) is 0 Å². The van der Waals surface area contributed by atoms with Gasteiger partial charge in [0.05, 0.1) is 11.0 Å². The van der Waals surface area contributed by atoms with Gasteiger partial charge in [0.25, 0.3) is 5.69 Å². The maximum absolute atomic E-state index is 11.0. The van der Waals surface area contributed by atoms with Crippen molar-refractivity contribution in [1.29, 1.82) is 0 Å². The number of allylic oxidation sites excluding steroid dienone is 2. The number of aromatic hydroxyl groups is 1. The molecule has 3 unspecified atom stereocenters. The van der Waals surface area contributed by atoms with Crippen molar-refractivity contribution in [1.82, 2.24) is 0 Å². The zero-order chi connectivity index (χ0) is 16.0. The molecule has 0 aromatic heterocycles. The second-order valence-electron chi connectivity index (χ2n) is 6.10. The summed E-state index contributed by atoms with van der Waals surface area (Å²) in [4.78, 5) is 10.7. The molecule has 2 N–H and O–H groups in total. The van der Waals surface area contributed by atoms with Crippen LogP contribution >= 0.6 is 0 Å².